The van der Waals surface area contributed by atoms with Crippen LogP contribution in [0.15, 0.2) is 194 Å². The normalized spacial score (nSPS) is 13.1. The Labute approximate surface area is 438 Å². The Bertz CT molecular complexity index is 2540. The maximum Gasteiger partial charge on any atom is 0.325 e. The number of rotatable bonds is 25. The fraction of sp³-hybridized carbons (Fsp3) is 0.283. The SMILES string of the molecule is COC(=O)CNC(=O)C(NC(=O)C(CSC(c1ccccc1)(c1ccccc1)c1ccccc1)NC(=O)C(C)(C)NC(=O)CC(O)C=CCCSC(c1ccccc1)(c1ccccc1)c1ccccc1)C(C)C. The van der Waals surface area contributed by atoms with Crippen LogP contribution < -0.4 is 21.3 Å². The molecule has 0 radical (unpaired) electrons. The number of aliphatic hydroxyl groups excluding tert-OH is 1. The molecule has 5 N–H and O–H groups in total. The first kappa shape index (κ1) is 55.4. The minimum absolute atomic E-state index is 0.0137. The molecule has 0 bridgehead atoms. The number of nitrogens with one attached hydrogen (secondary N) is 4. The molecule has 3 unspecified atom stereocenters. The molecule has 380 valence electrons. The third kappa shape index (κ3) is 14.4. The number of aliphatic hydroxyl groups is 1. The van der Waals surface area contributed by atoms with E-state index in [4.69, 9.17) is 4.74 Å². The van der Waals surface area contributed by atoms with Crippen LogP contribution >= 0.6 is 23.5 Å². The van der Waals surface area contributed by atoms with E-state index in [1.807, 2.05) is 115 Å². The molecule has 11 nitrogen and oxygen atoms in total. The van der Waals surface area contributed by atoms with Gasteiger partial charge in [0, 0.05) is 5.75 Å². The van der Waals surface area contributed by atoms with Gasteiger partial charge >= 0.3 is 5.97 Å². The standard InChI is InChI=1S/C60H66N4O7S2/c1-43(2)54(56(69)61-41-53(67)71-5)63-55(68)51(42-73-60(47-32-18-9-19-33-47,48-34-20-10-21-35-48)49-36-22-11-23-37-49)62-57(70)58(3,4)64-52(66)40-50(65)38-24-25-39-72-59(44-26-12-6-13-27-44,45-28-14-7-15-29-45)46-30-16-8-17-31-46/h6-24,26-38,43,50-51,54,65H,25,39-42H2,1-5H3,(H,61,69)(H,62,70)(H,63,68)(H,64,66). The molecule has 13 heteroatoms. The van der Waals surface area contributed by atoms with Gasteiger partial charge < -0.3 is 31.1 Å². The summed E-state index contributed by atoms with van der Waals surface area (Å²) in [4.78, 5) is 67.9. The molecule has 0 spiro atoms. The van der Waals surface area contributed by atoms with Gasteiger partial charge in [-0.3, -0.25) is 24.0 Å². The Balaban J connectivity index is 1.18. The monoisotopic (exact) mass is 1020 g/mol. The van der Waals surface area contributed by atoms with Crippen molar-refractivity contribution in [3.63, 3.8) is 0 Å². The zero-order valence-corrected chi connectivity index (χ0v) is 43.7. The Morgan fingerprint density at radius 1 is 0.589 bits per heavy atom. The van der Waals surface area contributed by atoms with Gasteiger partial charge in [0.15, 0.2) is 0 Å². The lowest BCUT2D eigenvalue weighted by molar-refractivity contribution is -0.141. The fourth-order valence-corrected chi connectivity index (χ4v) is 11.7. The van der Waals surface area contributed by atoms with E-state index in [2.05, 4.69) is 94.1 Å². The van der Waals surface area contributed by atoms with Gasteiger partial charge in [0.1, 0.15) is 24.2 Å². The summed E-state index contributed by atoms with van der Waals surface area (Å²) in [6.07, 6.45) is 2.63. The van der Waals surface area contributed by atoms with Crippen LogP contribution in [-0.2, 0) is 38.2 Å². The van der Waals surface area contributed by atoms with Gasteiger partial charge in [-0.15, -0.1) is 23.5 Å². The minimum atomic E-state index is -1.55. The van der Waals surface area contributed by atoms with Crippen molar-refractivity contribution in [3.8, 4) is 0 Å². The number of allylic oxidation sites excluding steroid dienone is 1. The number of esters is 1. The summed E-state index contributed by atoms with van der Waals surface area (Å²) >= 11 is 3.24. The van der Waals surface area contributed by atoms with Gasteiger partial charge in [-0.05, 0) is 65.3 Å². The van der Waals surface area contributed by atoms with E-state index in [0.717, 1.165) is 33.4 Å². The molecule has 3 atom stereocenters. The van der Waals surface area contributed by atoms with E-state index in [1.165, 1.54) is 32.7 Å². The summed E-state index contributed by atoms with van der Waals surface area (Å²) in [5.41, 5.74) is 4.69. The van der Waals surface area contributed by atoms with E-state index >= 15 is 0 Å². The maximum atomic E-state index is 14.6. The Morgan fingerprint density at radius 2 is 0.986 bits per heavy atom. The van der Waals surface area contributed by atoms with Crippen LogP contribution in [0.25, 0.3) is 0 Å². The number of hydrogen-bond acceptors (Lipinski definition) is 9. The number of thioether (sulfide) groups is 2. The van der Waals surface area contributed by atoms with Crippen LogP contribution in [0, 0.1) is 5.92 Å². The fourth-order valence-electron chi connectivity index (χ4n) is 8.64. The van der Waals surface area contributed by atoms with Gasteiger partial charge in [0.25, 0.3) is 0 Å². The predicted molar refractivity (Wildman–Crippen MR) is 294 cm³/mol. The summed E-state index contributed by atoms with van der Waals surface area (Å²) in [7, 11) is 1.21. The van der Waals surface area contributed by atoms with Crippen molar-refractivity contribution in [2.45, 2.75) is 73.8 Å². The van der Waals surface area contributed by atoms with Crippen molar-refractivity contribution < 1.29 is 33.8 Å². The predicted octanol–water partition coefficient (Wildman–Crippen LogP) is 8.94. The lowest BCUT2D eigenvalue weighted by Crippen LogP contribution is -2.61. The smallest absolute Gasteiger partial charge is 0.325 e. The molecule has 6 rings (SSSR count). The van der Waals surface area contributed by atoms with Crippen LogP contribution in [0.5, 0.6) is 0 Å². The lowest BCUT2D eigenvalue weighted by Gasteiger charge is -2.37. The van der Waals surface area contributed by atoms with Crippen LogP contribution in [0.4, 0.5) is 0 Å². The third-order valence-corrected chi connectivity index (χ3v) is 15.6. The molecule has 6 aromatic rings. The van der Waals surface area contributed by atoms with Crippen molar-refractivity contribution in [3.05, 3.63) is 228 Å². The summed E-state index contributed by atoms with van der Waals surface area (Å²) < 4.78 is 3.33. The van der Waals surface area contributed by atoms with Crippen LogP contribution in [0.2, 0.25) is 0 Å². The van der Waals surface area contributed by atoms with E-state index in [1.54, 1.807) is 31.7 Å². The molecule has 0 aromatic heterocycles. The van der Waals surface area contributed by atoms with E-state index in [-0.39, 0.29) is 12.2 Å². The molecule has 0 aliphatic heterocycles. The molecule has 0 saturated heterocycles. The van der Waals surface area contributed by atoms with E-state index in [9.17, 15) is 29.1 Å². The quantitative estimate of drug-likeness (QED) is 0.0163. The summed E-state index contributed by atoms with van der Waals surface area (Å²) in [6.45, 7) is 6.17. The van der Waals surface area contributed by atoms with Gasteiger partial charge in [-0.2, -0.15) is 0 Å². The highest BCUT2D eigenvalue weighted by Crippen LogP contribution is 2.50. The summed E-state index contributed by atoms with van der Waals surface area (Å²) in [5, 5.41) is 22.1. The van der Waals surface area contributed by atoms with Gasteiger partial charge in [-0.25, -0.2) is 0 Å². The molecule has 4 amide bonds. The Hall–Kier alpha value is -6.93. The van der Waals surface area contributed by atoms with Crippen molar-refractivity contribution in [1.82, 2.24) is 21.3 Å². The summed E-state index contributed by atoms with van der Waals surface area (Å²) in [6, 6.07) is 58.6. The largest absolute Gasteiger partial charge is 0.468 e. The molecule has 0 aliphatic rings. The first-order valence-electron chi connectivity index (χ1n) is 24.4. The zero-order valence-electron chi connectivity index (χ0n) is 42.0. The molecular formula is C60H66N4O7S2. The molecule has 0 heterocycles. The second-order valence-corrected chi connectivity index (χ2v) is 21.0. The topological polar surface area (TPSA) is 163 Å². The average molecular weight is 1020 g/mol. The highest BCUT2D eigenvalue weighted by Gasteiger charge is 2.41. The zero-order chi connectivity index (χ0) is 52.3. The van der Waals surface area contributed by atoms with Crippen LogP contribution in [-0.4, -0.2) is 83.6 Å². The number of carbonyl (C=O) groups excluding carboxylic acids is 5. The van der Waals surface area contributed by atoms with Crippen molar-refractivity contribution in [2.24, 2.45) is 5.92 Å². The van der Waals surface area contributed by atoms with Crippen molar-refractivity contribution >= 4 is 53.1 Å². The van der Waals surface area contributed by atoms with Crippen LogP contribution in [0.3, 0.4) is 0 Å². The van der Waals surface area contributed by atoms with Crippen molar-refractivity contribution in [1.29, 1.82) is 0 Å². The number of ether oxygens (including phenoxy) is 1. The van der Waals surface area contributed by atoms with E-state index in [0.29, 0.717) is 12.2 Å². The second kappa shape index (κ2) is 26.7. The molecule has 0 fully saturated rings. The molecule has 73 heavy (non-hydrogen) atoms. The highest BCUT2D eigenvalue weighted by molar-refractivity contribution is 8.00. The third-order valence-electron chi connectivity index (χ3n) is 12.4. The number of methoxy groups -OCH3 is 1. The molecule has 0 aliphatic carbocycles. The van der Waals surface area contributed by atoms with Crippen molar-refractivity contribution in [2.75, 3.05) is 25.2 Å². The Kier molecular flexibility index (Phi) is 20.2. The average Bonchev–Trinajstić information content (AvgIpc) is 3.41. The second-order valence-electron chi connectivity index (χ2n) is 18.4. The first-order chi connectivity index (χ1) is 35.2. The lowest BCUT2D eigenvalue weighted by atomic mass is 9.84. The van der Waals surface area contributed by atoms with E-state index < -0.39 is 75.3 Å². The van der Waals surface area contributed by atoms with Gasteiger partial charge in [-0.1, -0.05) is 208 Å². The maximum absolute atomic E-state index is 14.6. The molecule has 0 saturated carbocycles. The first-order valence-corrected chi connectivity index (χ1v) is 26.4. The Morgan fingerprint density at radius 3 is 1.37 bits per heavy atom. The number of carbonyl (C=O) groups is 5. The summed E-state index contributed by atoms with van der Waals surface area (Å²) in [5.74, 6) is -2.84. The van der Waals surface area contributed by atoms with Gasteiger partial charge in [0.2, 0.25) is 23.6 Å². The number of hydrogen-bond donors (Lipinski definition) is 5. The molecular weight excluding hydrogens is 953 g/mol. The number of benzene rings is 6. The van der Waals surface area contributed by atoms with Crippen LogP contribution in [0.1, 0.15) is 73.9 Å². The highest BCUT2D eigenvalue weighted by atomic mass is 32.2. The minimum Gasteiger partial charge on any atom is -0.468 e. The molecule has 6 aromatic carbocycles. The number of amides is 4. The van der Waals surface area contributed by atoms with Gasteiger partial charge in [0.05, 0.1) is 29.1 Å².